The molecule has 0 unspecified atom stereocenters. The van der Waals surface area contributed by atoms with E-state index in [1.807, 2.05) is 0 Å². The molecule has 0 aliphatic carbocycles. The molecular formula is C12H12Cl2NO3-. The number of carbonyl (C=O) groups excluding carboxylic acids is 1. The van der Waals surface area contributed by atoms with Gasteiger partial charge in [-0.2, -0.15) is 0 Å². The highest BCUT2D eigenvalue weighted by Crippen LogP contribution is 2.18. The second-order valence-electron chi connectivity index (χ2n) is 3.39. The summed E-state index contributed by atoms with van der Waals surface area (Å²) >= 11 is 11.6. The van der Waals surface area contributed by atoms with E-state index in [2.05, 4.69) is 10.1 Å². The van der Waals surface area contributed by atoms with Crippen LogP contribution in [0.5, 0.6) is 0 Å². The fourth-order valence-electron chi connectivity index (χ4n) is 1.24. The maximum atomic E-state index is 11.3. The van der Waals surface area contributed by atoms with Crippen LogP contribution < -0.4 is 10.4 Å². The molecule has 1 N–H and O–H groups in total. The molecule has 1 amide bonds. The average molecular weight is 289 g/mol. The molecule has 1 aromatic rings. The van der Waals surface area contributed by atoms with Crippen LogP contribution in [-0.4, -0.2) is 12.5 Å². The second kappa shape index (κ2) is 7.13. The molecule has 98 valence electrons. The number of amides is 1. The van der Waals surface area contributed by atoms with Crippen molar-refractivity contribution in [2.45, 2.75) is 13.5 Å². The highest BCUT2D eigenvalue weighted by Gasteiger charge is 2.00. The van der Waals surface area contributed by atoms with Crippen molar-refractivity contribution in [2.75, 3.05) is 6.61 Å². The van der Waals surface area contributed by atoms with Gasteiger partial charge in [0.25, 0.3) is 0 Å². The number of hydrogen-bond acceptors (Lipinski definition) is 3. The van der Waals surface area contributed by atoms with Crippen molar-refractivity contribution < 1.29 is 14.6 Å². The van der Waals surface area contributed by atoms with Crippen LogP contribution in [0.15, 0.2) is 30.2 Å². The highest BCUT2D eigenvalue weighted by molar-refractivity contribution is 6.34. The first kappa shape index (κ1) is 14.7. The summed E-state index contributed by atoms with van der Waals surface area (Å²) in [5.74, 6) is -1.19. The van der Waals surface area contributed by atoms with Gasteiger partial charge in [0.2, 0.25) is 5.91 Å². The Hall–Kier alpha value is -1.39. The fraction of sp³-hybridized carbons (Fsp3) is 0.250. The van der Waals surface area contributed by atoms with Crippen LogP contribution in [0.2, 0.25) is 10.0 Å². The molecule has 0 bridgehead atoms. The van der Waals surface area contributed by atoms with Gasteiger partial charge in [-0.05, 0) is 30.4 Å². The summed E-state index contributed by atoms with van der Waals surface area (Å²) in [6, 6.07) is 4.95. The van der Waals surface area contributed by atoms with E-state index in [4.69, 9.17) is 23.2 Å². The third-order valence-corrected chi connectivity index (χ3v) is 2.36. The van der Waals surface area contributed by atoms with Crippen molar-refractivity contribution in [3.05, 3.63) is 45.8 Å². The Labute approximate surface area is 115 Å². The molecule has 0 aliphatic rings. The average Bonchev–Trinajstić information content (AvgIpc) is 2.25. The molecule has 0 radical (unpaired) electrons. The Kier molecular flexibility index (Phi) is 5.82. The molecule has 0 aliphatic heterocycles. The zero-order valence-electron chi connectivity index (χ0n) is 9.70. The number of benzene rings is 1. The molecule has 0 heterocycles. The Balaban J connectivity index is 2.54. The van der Waals surface area contributed by atoms with Crippen LogP contribution in [0, 0.1) is 0 Å². The van der Waals surface area contributed by atoms with Crippen molar-refractivity contribution in [3.8, 4) is 0 Å². The SMILES string of the molecule is CCO/C([O-])=C/C(=O)NCc1cc(Cl)cc(Cl)c1. The summed E-state index contributed by atoms with van der Waals surface area (Å²) in [5.41, 5.74) is 0.748. The molecule has 6 heteroatoms. The van der Waals surface area contributed by atoms with Crippen LogP contribution in [0.3, 0.4) is 0 Å². The normalized spacial score (nSPS) is 11.2. The number of nitrogens with one attached hydrogen (secondary N) is 1. The third-order valence-electron chi connectivity index (χ3n) is 1.92. The topological polar surface area (TPSA) is 61.4 Å². The van der Waals surface area contributed by atoms with E-state index >= 15 is 0 Å². The zero-order valence-corrected chi connectivity index (χ0v) is 11.2. The summed E-state index contributed by atoms with van der Waals surface area (Å²) < 4.78 is 4.61. The van der Waals surface area contributed by atoms with E-state index in [0.29, 0.717) is 10.0 Å². The minimum atomic E-state index is -0.667. The van der Waals surface area contributed by atoms with E-state index in [1.54, 1.807) is 25.1 Å². The first-order valence-corrected chi connectivity index (χ1v) is 6.01. The van der Waals surface area contributed by atoms with Crippen LogP contribution in [0.4, 0.5) is 0 Å². The largest absolute Gasteiger partial charge is 0.613 e. The lowest BCUT2D eigenvalue weighted by atomic mass is 10.2. The number of halogens is 2. The lowest BCUT2D eigenvalue weighted by Gasteiger charge is -2.12. The van der Waals surface area contributed by atoms with Crippen LogP contribution in [0.1, 0.15) is 12.5 Å². The quantitative estimate of drug-likeness (QED) is 0.664. The van der Waals surface area contributed by atoms with Gasteiger partial charge in [-0.1, -0.05) is 30.1 Å². The first-order valence-electron chi connectivity index (χ1n) is 5.25. The van der Waals surface area contributed by atoms with Gasteiger partial charge in [0.15, 0.2) is 0 Å². The molecule has 4 nitrogen and oxygen atoms in total. The molecule has 0 fully saturated rings. The minimum Gasteiger partial charge on any atom is -0.613 e. The van der Waals surface area contributed by atoms with Crippen LogP contribution >= 0.6 is 23.2 Å². The van der Waals surface area contributed by atoms with Crippen molar-refractivity contribution in [1.29, 1.82) is 0 Å². The maximum absolute atomic E-state index is 11.3. The van der Waals surface area contributed by atoms with Crippen LogP contribution in [0.25, 0.3) is 0 Å². The molecule has 0 spiro atoms. The van der Waals surface area contributed by atoms with Gasteiger partial charge in [-0.3, -0.25) is 4.79 Å². The van der Waals surface area contributed by atoms with Gasteiger partial charge in [-0.25, -0.2) is 0 Å². The fourth-order valence-corrected chi connectivity index (χ4v) is 1.82. The summed E-state index contributed by atoms with van der Waals surface area (Å²) in [6.45, 7) is 2.12. The van der Waals surface area contributed by atoms with Gasteiger partial charge in [0.05, 0.1) is 5.95 Å². The van der Waals surface area contributed by atoms with E-state index in [9.17, 15) is 9.90 Å². The van der Waals surface area contributed by atoms with E-state index in [1.165, 1.54) is 0 Å². The van der Waals surface area contributed by atoms with Gasteiger partial charge < -0.3 is 15.2 Å². The maximum Gasteiger partial charge on any atom is 0.246 e. The number of carbonyl (C=O) groups is 1. The monoisotopic (exact) mass is 288 g/mol. The Bertz CT molecular complexity index is 440. The lowest BCUT2D eigenvalue weighted by Crippen LogP contribution is -2.23. The summed E-state index contributed by atoms with van der Waals surface area (Å²) in [6.07, 6.45) is 0.857. The van der Waals surface area contributed by atoms with Gasteiger partial charge >= 0.3 is 0 Å². The van der Waals surface area contributed by atoms with Gasteiger partial charge in [-0.15, -0.1) is 0 Å². The van der Waals surface area contributed by atoms with E-state index < -0.39 is 11.9 Å². The highest BCUT2D eigenvalue weighted by atomic mass is 35.5. The predicted octanol–water partition coefficient (Wildman–Crippen LogP) is 1.85. The van der Waals surface area contributed by atoms with Gasteiger partial charge in [0.1, 0.15) is 0 Å². The summed E-state index contributed by atoms with van der Waals surface area (Å²) in [4.78, 5) is 11.3. The van der Waals surface area contributed by atoms with Crippen molar-refractivity contribution in [3.63, 3.8) is 0 Å². The first-order chi connectivity index (χ1) is 8.51. The molecule has 0 saturated heterocycles. The molecule has 18 heavy (non-hydrogen) atoms. The molecule has 1 rings (SSSR count). The van der Waals surface area contributed by atoms with Gasteiger partial charge in [0, 0.05) is 22.7 Å². The zero-order chi connectivity index (χ0) is 13.5. The van der Waals surface area contributed by atoms with E-state index in [0.717, 1.165) is 11.6 Å². The van der Waals surface area contributed by atoms with E-state index in [-0.39, 0.29) is 13.2 Å². The molecule has 1 aromatic carbocycles. The Morgan fingerprint density at radius 2 is 2.00 bits per heavy atom. The van der Waals surface area contributed by atoms with Crippen LogP contribution in [-0.2, 0) is 16.1 Å². The van der Waals surface area contributed by atoms with Crippen molar-refractivity contribution in [2.24, 2.45) is 0 Å². The lowest BCUT2D eigenvalue weighted by molar-refractivity contribution is -0.356. The number of hydrogen-bond donors (Lipinski definition) is 1. The predicted molar refractivity (Wildman–Crippen MR) is 68.0 cm³/mol. The Morgan fingerprint density at radius 3 is 2.56 bits per heavy atom. The molecule has 0 atom stereocenters. The minimum absolute atomic E-state index is 0.229. The number of ether oxygens (including phenoxy) is 1. The van der Waals surface area contributed by atoms with Crippen molar-refractivity contribution in [1.82, 2.24) is 5.32 Å². The number of rotatable bonds is 5. The molecule has 0 saturated carbocycles. The Morgan fingerprint density at radius 1 is 1.39 bits per heavy atom. The summed E-state index contributed by atoms with van der Waals surface area (Å²) in [5, 5.41) is 14.5. The van der Waals surface area contributed by atoms with Crippen molar-refractivity contribution >= 4 is 29.1 Å². The summed E-state index contributed by atoms with van der Waals surface area (Å²) in [7, 11) is 0. The third kappa shape index (κ3) is 5.29. The standard InChI is InChI=1S/C12H13Cl2NO3/c1-2-18-12(17)6-11(16)15-7-8-3-9(13)5-10(14)4-8/h3-6,17H,2,7H2,1H3,(H,15,16)/p-1/b12-6+. The second-order valence-corrected chi connectivity index (χ2v) is 4.26. The smallest absolute Gasteiger partial charge is 0.246 e. The molecule has 0 aromatic heterocycles. The molecular weight excluding hydrogens is 277 g/mol.